The summed E-state index contributed by atoms with van der Waals surface area (Å²) in [6.07, 6.45) is 3.13. The Morgan fingerprint density at radius 3 is 2.92 bits per heavy atom. The Bertz CT molecular complexity index is 666. The van der Waals surface area contributed by atoms with Crippen LogP contribution in [0, 0.1) is 11.3 Å². The van der Waals surface area contributed by atoms with Gasteiger partial charge in [-0.1, -0.05) is 12.5 Å². The molecule has 0 bridgehead atoms. The van der Waals surface area contributed by atoms with Gasteiger partial charge >= 0.3 is 5.97 Å². The molecule has 0 spiro atoms. The van der Waals surface area contributed by atoms with Crippen LogP contribution in [0.1, 0.15) is 31.2 Å². The smallest absolute Gasteiger partial charge is 0.326 e. The molecule has 2 amide bonds. The maximum Gasteiger partial charge on any atom is 0.326 e. The van der Waals surface area contributed by atoms with E-state index in [0.717, 1.165) is 19.3 Å². The zero-order valence-electron chi connectivity index (χ0n) is 13.3. The Balaban J connectivity index is 1.77. The van der Waals surface area contributed by atoms with Gasteiger partial charge in [-0.15, -0.1) is 0 Å². The van der Waals surface area contributed by atoms with Crippen molar-refractivity contribution in [1.82, 2.24) is 4.90 Å². The molecule has 0 aromatic heterocycles. The number of likely N-dealkylation sites (tertiary alicyclic amines) is 1. The predicted molar refractivity (Wildman–Crippen MR) is 85.8 cm³/mol. The summed E-state index contributed by atoms with van der Waals surface area (Å²) in [5, 5.41) is 11.4. The number of amides is 2. The lowest BCUT2D eigenvalue weighted by Gasteiger charge is -2.19. The number of carbonyl (C=O) groups is 3. The molecule has 0 aliphatic carbocycles. The number of rotatable bonds is 5. The van der Waals surface area contributed by atoms with Gasteiger partial charge in [0, 0.05) is 18.7 Å². The Hall–Kier alpha value is -2.88. The van der Waals surface area contributed by atoms with Crippen LogP contribution >= 0.6 is 0 Å². The number of hydrogen-bond acceptors (Lipinski definition) is 5. The highest BCUT2D eigenvalue weighted by atomic mass is 16.5. The minimum atomic E-state index is -0.605. The van der Waals surface area contributed by atoms with Gasteiger partial charge in [-0.2, -0.15) is 5.26 Å². The fraction of sp³-hybridized carbons (Fsp3) is 0.412. The normalized spacial score (nSPS) is 14.5. The molecule has 0 radical (unpaired) electrons. The quantitative estimate of drug-likeness (QED) is 0.824. The molecular formula is C17H19N3O4. The summed E-state index contributed by atoms with van der Waals surface area (Å²) in [4.78, 5) is 36.8. The Kier molecular flexibility index (Phi) is 6.32. The monoisotopic (exact) mass is 329 g/mol. The number of nitrogens with one attached hydrogen (secondary N) is 1. The molecule has 7 heteroatoms. The molecule has 1 aromatic rings. The molecule has 1 aliphatic rings. The van der Waals surface area contributed by atoms with Crippen molar-refractivity contribution in [2.75, 3.05) is 25.0 Å². The molecule has 1 heterocycles. The first-order valence-corrected chi connectivity index (χ1v) is 7.82. The van der Waals surface area contributed by atoms with Crippen molar-refractivity contribution in [3.63, 3.8) is 0 Å². The van der Waals surface area contributed by atoms with Gasteiger partial charge in [0.15, 0.2) is 6.61 Å². The average Bonchev–Trinajstić information content (AvgIpc) is 2.78. The molecular weight excluding hydrogens is 310 g/mol. The van der Waals surface area contributed by atoms with Crippen molar-refractivity contribution < 1.29 is 19.1 Å². The summed E-state index contributed by atoms with van der Waals surface area (Å²) in [6, 6.07) is 8.39. The van der Waals surface area contributed by atoms with Gasteiger partial charge in [0.2, 0.25) is 5.91 Å². The summed E-state index contributed by atoms with van der Waals surface area (Å²) in [5.41, 5.74) is 0.877. The van der Waals surface area contributed by atoms with Crippen molar-refractivity contribution in [1.29, 1.82) is 5.26 Å². The Morgan fingerprint density at radius 1 is 1.29 bits per heavy atom. The number of nitriles is 1. The summed E-state index contributed by atoms with van der Waals surface area (Å²) in [7, 11) is 0. The van der Waals surface area contributed by atoms with Crippen LogP contribution in [0.2, 0.25) is 0 Å². The molecule has 24 heavy (non-hydrogen) atoms. The number of benzene rings is 1. The van der Waals surface area contributed by atoms with E-state index in [4.69, 9.17) is 10.00 Å². The highest BCUT2D eigenvalue weighted by Crippen LogP contribution is 2.11. The third-order valence-corrected chi connectivity index (χ3v) is 3.63. The molecule has 1 saturated heterocycles. The van der Waals surface area contributed by atoms with E-state index < -0.39 is 18.5 Å². The lowest BCUT2D eigenvalue weighted by molar-refractivity contribution is -0.151. The Labute approximate surface area is 140 Å². The van der Waals surface area contributed by atoms with Gasteiger partial charge < -0.3 is 15.0 Å². The van der Waals surface area contributed by atoms with Crippen LogP contribution < -0.4 is 5.32 Å². The number of ether oxygens (including phenoxy) is 1. The molecule has 1 aromatic carbocycles. The third kappa shape index (κ3) is 5.39. The summed E-state index contributed by atoms with van der Waals surface area (Å²) in [5.74, 6) is -1.16. The lowest BCUT2D eigenvalue weighted by Crippen LogP contribution is -2.36. The van der Waals surface area contributed by atoms with Crippen LogP contribution in [0.25, 0.3) is 0 Å². The van der Waals surface area contributed by atoms with Crippen molar-refractivity contribution in [2.24, 2.45) is 0 Å². The van der Waals surface area contributed by atoms with Crippen LogP contribution in [0.5, 0.6) is 0 Å². The highest BCUT2D eigenvalue weighted by Gasteiger charge is 2.20. The molecule has 0 saturated carbocycles. The molecule has 0 unspecified atom stereocenters. The van der Waals surface area contributed by atoms with Gasteiger partial charge in [0.05, 0.1) is 11.6 Å². The molecule has 0 atom stereocenters. The zero-order valence-corrected chi connectivity index (χ0v) is 13.3. The summed E-state index contributed by atoms with van der Waals surface area (Å²) >= 11 is 0. The highest BCUT2D eigenvalue weighted by molar-refractivity contribution is 5.93. The van der Waals surface area contributed by atoms with Crippen LogP contribution in [0.4, 0.5) is 5.69 Å². The lowest BCUT2D eigenvalue weighted by atomic mass is 10.2. The largest absolute Gasteiger partial charge is 0.454 e. The second-order valence-electron chi connectivity index (χ2n) is 5.53. The molecule has 7 nitrogen and oxygen atoms in total. The summed E-state index contributed by atoms with van der Waals surface area (Å²) in [6.45, 7) is -0.0191. The van der Waals surface area contributed by atoms with Crippen molar-refractivity contribution >= 4 is 23.5 Å². The second-order valence-corrected chi connectivity index (χ2v) is 5.53. The van der Waals surface area contributed by atoms with Gasteiger partial charge in [-0.05, 0) is 31.0 Å². The number of esters is 1. The molecule has 2 rings (SSSR count). The first-order valence-electron chi connectivity index (χ1n) is 7.82. The van der Waals surface area contributed by atoms with E-state index in [1.54, 1.807) is 18.2 Å². The van der Waals surface area contributed by atoms with Gasteiger partial charge in [-0.3, -0.25) is 14.4 Å². The van der Waals surface area contributed by atoms with Crippen LogP contribution in [-0.4, -0.2) is 42.4 Å². The molecule has 1 N–H and O–H groups in total. The van der Waals surface area contributed by atoms with E-state index in [9.17, 15) is 14.4 Å². The summed E-state index contributed by atoms with van der Waals surface area (Å²) < 4.78 is 4.91. The van der Waals surface area contributed by atoms with Crippen LogP contribution in [0.15, 0.2) is 24.3 Å². The van der Waals surface area contributed by atoms with Crippen LogP contribution in [0.3, 0.4) is 0 Å². The number of nitrogens with zero attached hydrogens (tertiary/aromatic N) is 2. The number of hydrogen-bond donors (Lipinski definition) is 1. The fourth-order valence-electron chi connectivity index (χ4n) is 2.42. The van der Waals surface area contributed by atoms with Gasteiger partial charge in [0.1, 0.15) is 6.54 Å². The van der Waals surface area contributed by atoms with E-state index in [0.29, 0.717) is 24.2 Å². The average molecular weight is 329 g/mol. The maximum absolute atomic E-state index is 11.8. The SMILES string of the molecule is N#Cc1cccc(NC(=O)COC(=O)CN2CCCCCC2=O)c1. The first kappa shape index (κ1) is 17.5. The van der Waals surface area contributed by atoms with Crippen molar-refractivity contribution in [3.05, 3.63) is 29.8 Å². The maximum atomic E-state index is 11.8. The van der Waals surface area contributed by atoms with E-state index in [1.165, 1.54) is 11.0 Å². The number of anilines is 1. The molecule has 126 valence electrons. The second kappa shape index (κ2) is 8.67. The van der Waals surface area contributed by atoms with Gasteiger partial charge in [-0.25, -0.2) is 0 Å². The van der Waals surface area contributed by atoms with E-state index in [-0.39, 0.29) is 12.5 Å². The standard InChI is InChI=1S/C17H19N3O4/c18-10-13-5-4-6-14(9-13)19-15(21)12-24-17(23)11-20-8-3-1-2-7-16(20)22/h4-6,9H,1-3,7-8,11-12H2,(H,19,21). The van der Waals surface area contributed by atoms with Crippen LogP contribution in [-0.2, 0) is 19.1 Å². The van der Waals surface area contributed by atoms with Gasteiger partial charge in [0.25, 0.3) is 5.91 Å². The molecule has 1 aliphatic heterocycles. The fourth-order valence-corrected chi connectivity index (χ4v) is 2.42. The first-order chi connectivity index (χ1) is 11.6. The van der Waals surface area contributed by atoms with E-state index in [2.05, 4.69) is 5.32 Å². The Morgan fingerprint density at radius 2 is 2.12 bits per heavy atom. The predicted octanol–water partition coefficient (Wildman–Crippen LogP) is 1.44. The zero-order chi connectivity index (χ0) is 17.4. The van der Waals surface area contributed by atoms with E-state index in [1.807, 2.05) is 6.07 Å². The molecule has 1 fully saturated rings. The minimum Gasteiger partial charge on any atom is -0.454 e. The number of carbonyl (C=O) groups excluding carboxylic acids is 3. The third-order valence-electron chi connectivity index (χ3n) is 3.63. The van der Waals surface area contributed by atoms with Crippen molar-refractivity contribution in [2.45, 2.75) is 25.7 Å². The van der Waals surface area contributed by atoms with E-state index >= 15 is 0 Å². The minimum absolute atomic E-state index is 0.0535. The van der Waals surface area contributed by atoms with Crippen molar-refractivity contribution in [3.8, 4) is 6.07 Å². The topological polar surface area (TPSA) is 99.5 Å².